The lowest BCUT2D eigenvalue weighted by Crippen LogP contribution is -2.63. The molecule has 0 atom stereocenters. The van der Waals surface area contributed by atoms with Crippen LogP contribution in [0.3, 0.4) is 0 Å². The molecule has 0 unspecified atom stereocenters. The number of Topliss-reactive ketones (excluding diaryl/α,β-unsaturated/α-hetero) is 1. The van der Waals surface area contributed by atoms with E-state index in [2.05, 4.69) is 4.74 Å². The summed E-state index contributed by atoms with van der Waals surface area (Å²) < 4.78 is 154. The summed E-state index contributed by atoms with van der Waals surface area (Å²) in [5.74, 6) is -25.8. The van der Waals surface area contributed by atoms with Gasteiger partial charge in [0.1, 0.15) is 5.75 Å². The second-order valence-corrected chi connectivity index (χ2v) is 4.63. The predicted molar refractivity (Wildman–Crippen MR) is 58.4 cm³/mol. The molecule has 0 amide bonds. The fraction of sp³-hybridized carbons (Fsp3) is 0.417. The summed E-state index contributed by atoms with van der Waals surface area (Å²) in [7, 11) is 0. The van der Waals surface area contributed by atoms with E-state index in [9.17, 15) is 57.5 Å². The molecule has 1 rings (SSSR count). The van der Waals surface area contributed by atoms with Gasteiger partial charge in [-0.25, -0.2) is 0 Å². The maximum Gasteiger partial charge on any atom is 0.573 e. The highest BCUT2D eigenvalue weighted by atomic mass is 19.4. The summed E-state index contributed by atoms with van der Waals surface area (Å²) >= 11 is 0. The van der Waals surface area contributed by atoms with Gasteiger partial charge in [-0.2, -0.15) is 39.5 Å². The number of carbonyl (C=O) groups is 1. The zero-order valence-corrected chi connectivity index (χ0v) is 11.7. The first-order chi connectivity index (χ1) is 11.3. The zero-order chi connectivity index (χ0) is 20.8. The van der Waals surface area contributed by atoms with E-state index in [0.29, 0.717) is 12.1 Å². The van der Waals surface area contributed by atoms with Gasteiger partial charge < -0.3 is 4.74 Å². The highest BCUT2D eigenvalue weighted by molar-refractivity contribution is 6.02. The van der Waals surface area contributed by atoms with Crippen molar-refractivity contribution in [3.8, 4) is 5.75 Å². The van der Waals surface area contributed by atoms with Crippen molar-refractivity contribution in [2.24, 2.45) is 0 Å². The fourth-order valence-electron chi connectivity index (χ4n) is 1.53. The van der Waals surface area contributed by atoms with Crippen molar-refractivity contribution in [2.45, 2.75) is 30.3 Å². The molecule has 26 heavy (non-hydrogen) atoms. The molecule has 0 heterocycles. The summed E-state index contributed by atoms with van der Waals surface area (Å²) in [4.78, 5) is 11.3. The van der Waals surface area contributed by atoms with Gasteiger partial charge in [0.05, 0.1) is 0 Å². The summed E-state index contributed by atoms with van der Waals surface area (Å²) in [5, 5.41) is 0. The number of hydrogen-bond acceptors (Lipinski definition) is 2. The van der Waals surface area contributed by atoms with Crippen LogP contribution in [0, 0.1) is 0 Å². The van der Waals surface area contributed by atoms with E-state index in [1.807, 2.05) is 0 Å². The Morgan fingerprint density at radius 2 is 1.27 bits per heavy atom. The number of hydrogen-bond donors (Lipinski definition) is 0. The lowest BCUT2D eigenvalue weighted by atomic mass is 9.95. The molecule has 0 aromatic heterocycles. The molecule has 0 aliphatic rings. The van der Waals surface area contributed by atoms with Crippen LogP contribution in [0.15, 0.2) is 24.3 Å². The second-order valence-electron chi connectivity index (χ2n) is 4.63. The molecule has 1 aromatic carbocycles. The van der Waals surface area contributed by atoms with Gasteiger partial charge in [-0.05, 0) is 12.1 Å². The van der Waals surface area contributed by atoms with Crippen molar-refractivity contribution in [1.29, 1.82) is 0 Å². The maximum atomic E-state index is 13.4. The van der Waals surface area contributed by atoms with Gasteiger partial charge in [-0.1, -0.05) is 12.1 Å². The Kier molecular flexibility index (Phi) is 5.24. The molecule has 0 N–H and O–H groups in total. The molecule has 0 fully saturated rings. The Morgan fingerprint density at radius 3 is 1.69 bits per heavy atom. The smallest absolute Gasteiger partial charge is 0.406 e. The number of rotatable bonds is 5. The Hall–Kier alpha value is -2.15. The maximum absolute atomic E-state index is 13.4. The fourth-order valence-corrected chi connectivity index (χ4v) is 1.53. The number of carbonyl (C=O) groups excluding carboxylic acids is 1. The van der Waals surface area contributed by atoms with Crippen LogP contribution in [0.5, 0.6) is 5.75 Å². The van der Waals surface area contributed by atoms with Crippen molar-refractivity contribution in [2.75, 3.05) is 0 Å². The first-order valence-electron chi connectivity index (χ1n) is 5.95. The first kappa shape index (κ1) is 21.9. The lowest BCUT2D eigenvalue weighted by molar-refractivity contribution is -0.386. The Balaban J connectivity index is 3.33. The third-order valence-electron chi connectivity index (χ3n) is 2.76. The molecule has 0 radical (unpaired) electrons. The molecule has 2 nitrogen and oxygen atoms in total. The molecule has 0 saturated carbocycles. The van der Waals surface area contributed by atoms with Crippen LogP contribution in [-0.2, 0) is 0 Å². The molecular formula is C12H4F12O2. The van der Waals surface area contributed by atoms with Crippen LogP contribution in [0.25, 0.3) is 0 Å². The predicted octanol–water partition coefficient (Wildman–Crippen LogP) is 5.24. The molecular weight excluding hydrogens is 404 g/mol. The largest absolute Gasteiger partial charge is 0.573 e. The molecule has 0 aliphatic heterocycles. The second kappa shape index (κ2) is 6.23. The summed E-state index contributed by atoms with van der Waals surface area (Å²) in [5.41, 5.74) is -1.71. The lowest BCUT2D eigenvalue weighted by Gasteiger charge is -2.32. The molecule has 0 spiro atoms. The molecule has 0 bridgehead atoms. The quantitative estimate of drug-likeness (QED) is 0.493. The van der Waals surface area contributed by atoms with Crippen LogP contribution in [0.4, 0.5) is 52.7 Å². The van der Waals surface area contributed by atoms with Gasteiger partial charge in [-0.3, -0.25) is 4.79 Å². The van der Waals surface area contributed by atoms with Crippen molar-refractivity contribution in [3.05, 3.63) is 29.8 Å². The van der Waals surface area contributed by atoms with Crippen molar-refractivity contribution in [3.63, 3.8) is 0 Å². The number of alkyl halides is 12. The minimum atomic E-state index is -7.31. The van der Waals surface area contributed by atoms with E-state index in [4.69, 9.17) is 0 Å². The van der Waals surface area contributed by atoms with Crippen LogP contribution < -0.4 is 4.74 Å². The third kappa shape index (κ3) is 3.82. The number of ketones is 1. The molecule has 1 aromatic rings. The highest BCUT2D eigenvalue weighted by Gasteiger charge is 2.83. The van der Waals surface area contributed by atoms with Crippen LogP contribution >= 0.6 is 0 Å². The molecule has 148 valence electrons. The normalized spacial score (nSPS) is 14.3. The van der Waals surface area contributed by atoms with Crippen LogP contribution in [0.1, 0.15) is 10.4 Å². The van der Waals surface area contributed by atoms with Crippen molar-refractivity contribution in [1.82, 2.24) is 0 Å². The summed E-state index contributed by atoms with van der Waals surface area (Å²) in [6.45, 7) is 0. The zero-order valence-electron chi connectivity index (χ0n) is 11.7. The van der Waals surface area contributed by atoms with E-state index >= 15 is 0 Å². The van der Waals surface area contributed by atoms with Crippen molar-refractivity contribution >= 4 is 5.78 Å². The minimum absolute atomic E-state index is 0.175. The van der Waals surface area contributed by atoms with Crippen LogP contribution in [0.2, 0.25) is 0 Å². The number of ether oxygens (including phenoxy) is 1. The molecule has 0 aliphatic carbocycles. The Bertz CT molecular complexity index is 674. The minimum Gasteiger partial charge on any atom is -0.406 e. The van der Waals surface area contributed by atoms with Gasteiger partial charge in [0.25, 0.3) is 0 Å². The van der Waals surface area contributed by atoms with E-state index < -0.39 is 47.4 Å². The highest BCUT2D eigenvalue weighted by Crippen LogP contribution is 2.53. The molecule has 14 heteroatoms. The number of halogens is 12. The van der Waals surface area contributed by atoms with Crippen LogP contribution in [-0.4, -0.2) is 36.1 Å². The van der Waals surface area contributed by atoms with E-state index in [1.54, 1.807) is 0 Å². The van der Waals surface area contributed by atoms with Gasteiger partial charge in [-0.15, -0.1) is 13.2 Å². The standard InChI is InChI=1S/C12H4F12O2/c13-8(14,9(15,16)10(17,18)11(19,20)21)7(25)5-2-1-3-6(4-5)26-12(22,23)24/h1-4H. The summed E-state index contributed by atoms with van der Waals surface area (Å²) in [6, 6.07) is 0.877. The van der Waals surface area contributed by atoms with E-state index in [1.165, 1.54) is 0 Å². The number of benzene rings is 1. The average Bonchev–Trinajstić information content (AvgIpc) is 2.43. The van der Waals surface area contributed by atoms with Gasteiger partial charge in [0.2, 0.25) is 5.78 Å². The Labute approximate surface area is 135 Å². The van der Waals surface area contributed by atoms with E-state index in [-0.39, 0.29) is 12.1 Å². The van der Waals surface area contributed by atoms with E-state index in [0.717, 1.165) is 0 Å². The van der Waals surface area contributed by atoms with Gasteiger partial charge in [0, 0.05) is 5.56 Å². The molecule has 0 saturated heterocycles. The summed E-state index contributed by atoms with van der Waals surface area (Å²) in [6.07, 6.45) is -12.5. The SMILES string of the molecule is O=C(c1cccc(OC(F)(F)F)c1)C(F)(F)C(F)(F)C(F)(F)C(F)(F)F. The monoisotopic (exact) mass is 408 g/mol. The first-order valence-corrected chi connectivity index (χ1v) is 5.95. The average molecular weight is 408 g/mol. The topological polar surface area (TPSA) is 26.3 Å². The van der Waals surface area contributed by atoms with Crippen molar-refractivity contribution < 1.29 is 62.2 Å². The third-order valence-corrected chi connectivity index (χ3v) is 2.76. The van der Waals surface area contributed by atoms with Gasteiger partial charge in [0.15, 0.2) is 0 Å². The van der Waals surface area contributed by atoms with Gasteiger partial charge >= 0.3 is 30.3 Å². The Morgan fingerprint density at radius 1 is 0.769 bits per heavy atom.